The van der Waals surface area contributed by atoms with Gasteiger partial charge in [-0.25, -0.2) is 0 Å². The van der Waals surface area contributed by atoms with Gasteiger partial charge in [0.05, 0.1) is 18.3 Å². The van der Waals surface area contributed by atoms with Crippen LogP contribution >= 0.6 is 22.6 Å². The first-order chi connectivity index (χ1) is 17.9. The Hall–Kier alpha value is 0.921. The normalized spacial score (nSPS) is 30.4. The van der Waals surface area contributed by atoms with E-state index in [0.717, 1.165) is 19.3 Å². The van der Waals surface area contributed by atoms with E-state index in [1.165, 1.54) is 0 Å². The SMILES string of the molecule is CCC1CC[C@@H]2O[C@@H]([C@H](C=CI)O[Si](C)(C)C(C)(C)C)[C@@H](O[Si](C)(C)C(C)(C)C)[C@@H](O[Si](C)(C)C(C)(C)C)[C@H]2O1. The Morgan fingerprint density at radius 2 is 1.23 bits per heavy atom. The molecule has 2 heterocycles. The van der Waals surface area contributed by atoms with Crippen molar-refractivity contribution in [3.8, 4) is 0 Å². The molecule has 9 heteroatoms. The van der Waals surface area contributed by atoms with Crippen LogP contribution in [0.15, 0.2) is 10.2 Å². The first kappa shape index (κ1) is 37.1. The maximum Gasteiger partial charge on any atom is 0.193 e. The second-order valence-corrected chi connectivity index (χ2v) is 31.7. The molecule has 0 spiro atoms. The quantitative estimate of drug-likeness (QED) is 0.175. The van der Waals surface area contributed by atoms with Crippen molar-refractivity contribution in [1.29, 1.82) is 0 Å². The largest absolute Gasteiger partial charge is 0.408 e. The summed E-state index contributed by atoms with van der Waals surface area (Å²) < 4.78 is 38.0. The molecule has 2 saturated heterocycles. The molecule has 0 aromatic rings. The van der Waals surface area contributed by atoms with Crippen LogP contribution in [0.25, 0.3) is 0 Å². The third kappa shape index (κ3) is 8.55. The van der Waals surface area contributed by atoms with Crippen molar-refractivity contribution in [3.05, 3.63) is 10.2 Å². The van der Waals surface area contributed by atoms with E-state index in [1.54, 1.807) is 0 Å². The molecule has 236 valence electrons. The van der Waals surface area contributed by atoms with Crippen LogP contribution in [-0.4, -0.2) is 67.7 Å². The fourth-order valence-electron chi connectivity index (χ4n) is 4.65. The lowest BCUT2D eigenvalue weighted by Crippen LogP contribution is -2.69. The highest BCUT2D eigenvalue weighted by Gasteiger charge is 2.57. The Balaban J connectivity index is 2.72. The zero-order chi connectivity index (χ0) is 31.1. The van der Waals surface area contributed by atoms with Crippen molar-refractivity contribution >= 4 is 47.5 Å². The minimum Gasteiger partial charge on any atom is -0.408 e. The van der Waals surface area contributed by atoms with Crippen LogP contribution in [0.1, 0.15) is 88.5 Å². The average Bonchev–Trinajstić information content (AvgIpc) is 2.77. The number of hydrogen-bond donors (Lipinski definition) is 0. The van der Waals surface area contributed by atoms with E-state index in [2.05, 4.69) is 141 Å². The zero-order valence-corrected chi connectivity index (χ0v) is 33.9. The van der Waals surface area contributed by atoms with Crippen LogP contribution in [-0.2, 0) is 22.8 Å². The van der Waals surface area contributed by atoms with E-state index in [0.29, 0.717) is 0 Å². The zero-order valence-electron chi connectivity index (χ0n) is 28.7. The van der Waals surface area contributed by atoms with Crippen molar-refractivity contribution in [2.24, 2.45) is 0 Å². The summed E-state index contributed by atoms with van der Waals surface area (Å²) in [6.07, 6.45) is 4.26. The van der Waals surface area contributed by atoms with Crippen molar-refractivity contribution in [2.75, 3.05) is 0 Å². The van der Waals surface area contributed by atoms with E-state index in [1.807, 2.05) is 0 Å². The fourth-order valence-corrected chi connectivity index (χ4v) is 8.91. The van der Waals surface area contributed by atoms with Crippen LogP contribution in [0.5, 0.6) is 0 Å². The molecule has 0 bridgehead atoms. The molecule has 0 aromatic heterocycles. The van der Waals surface area contributed by atoms with Crippen LogP contribution in [0.3, 0.4) is 0 Å². The topological polar surface area (TPSA) is 46.2 Å². The molecule has 7 atom stereocenters. The van der Waals surface area contributed by atoms with Gasteiger partial charge >= 0.3 is 0 Å². The summed E-state index contributed by atoms with van der Waals surface area (Å²) in [5.41, 5.74) is 0. The van der Waals surface area contributed by atoms with Gasteiger partial charge in [0.25, 0.3) is 0 Å². The van der Waals surface area contributed by atoms with Crippen LogP contribution in [0.2, 0.25) is 54.4 Å². The van der Waals surface area contributed by atoms with Gasteiger partial charge in [0.2, 0.25) is 0 Å². The minimum absolute atomic E-state index is 0.0324. The summed E-state index contributed by atoms with van der Waals surface area (Å²) in [5.74, 6) is 0. The molecular weight excluding hydrogens is 663 g/mol. The van der Waals surface area contributed by atoms with Gasteiger partial charge in [-0.2, -0.15) is 0 Å². The lowest BCUT2D eigenvalue weighted by atomic mass is 9.87. The van der Waals surface area contributed by atoms with E-state index in [9.17, 15) is 0 Å². The van der Waals surface area contributed by atoms with Crippen molar-refractivity contribution in [2.45, 2.75) is 186 Å². The molecule has 2 fully saturated rings. The number of hydrogen-bond acceptors (Lipinski definition) is 5. The van der Waals surface area contributed by atoms with Gasteiger partial charge < -0.3 is 22.8 Å². The van der Waals surface area contributed by atoms with Crippen molar-refractivity contribution in [3.63, 3.8) is 0 Å². The first-order valence-corrected chi connectivity index (χ1v) is 25.5. The molecule has 40 heavy (non-hydrogen) atoms. The number of fused-ring (bicyclic) bond motifs is 1. The molecule has 0 N–H and O–H groups in total. The molecule has 2 aliphatic heterocycles. The number of ether oxygens (including phenoxy) is 2. The first-order valence-electron chi connectivity index (χ1n) is 15.5. The summed E-state index contributed by atoms with van der Waals surface area (Å²) in [5, 5.41) is 0.191. The summed E-state index contributed by atoms with van der Waals surface area (Å²) in [4.78, 5) is 0. The van der Waals surface area contributed by atoms with E-state index in [4.69, 9.17) is 22.8 Å². The van der Waals surface area contributed by atoms with Gasteiger partial charge in [-0.3, -0.25) is 0 Å². The van der Waals surface area contributed by atoms with Crippen molar-refractivity contribution < 1.29 is 22.8 Å². The molecule has 2 rings (SSSR count). The maximum absolute atomic E-state index is 7.40. The predicted molar refractivity (Wildman–Crippen MR) is 186 cm³/mol. The van der Waals surface area contributed by atoms with Crippen molar-refractivity contribution in [1.82, 2.24) is 0 Å². The lowest BCUT2D eigenvalue weighted by molar-refractivity contribution is -0.266. The monoisotopic (exact) mass is 726 g/mol. The molecule has 1 unspecified atom stereocenters. The van der Waals surface area contributed by atoms with Gasteiger partial charge in [-0.1, -0.05) is 91.8 Å². The highest BCUT2D eigenvalue weighted by molar-refractivity contribution is 14.1. The molecule has 5 nitrogen and oxygen atoms in total. The highest BCUT2D eigenvalue weighted by atomic mass is 127. The van der Waals surface area contributed by atoms with Crippen LogP contribution < -0.4 is 0 Å². The Morgan fingerprint density at radius 3 is 1.65 bits per heavy atom. The average molecular weight is 727 g/mol. The Morgan fingerprint density at radius 1 is 0.750 bits per heavy atom. The molecular formula is C31H63IO5Si3. The third-order valence-electron chi connectivity index (χ3n) is 10.5. The molecule has 0 amide bonds. The maximum atomic E-state index is 7.40. The highest BCUT2D eigenvalue weighted by Crippen LogP contribution is 2.47. The molecule has 0 aliphatic carbocycles. The van der Waals surface area contributed by atoms with Gasteiger partial charge in [-0.15, -0.1) is 0 Å². The van der Waals surface area contributed by atoms with Crippen LogP contribution in [0.4, 0.5) is 0 Å². The van der Waals surface area contributed by atoms with Crippen LogP contribution in [0, 0.1) is 0 Å². The second-order valence-electron chi connectivity index (χ2n) is 16.7. The standard InChI is InChI=1S/C31H63IO5Si3/c1-17-22-18-19-23-25(33-22)27(36-39(13,14)30(5,6)7)28(37-40(15,16)31(8,9)10)26(34-23)24(20-21-32)35-38(11,12)29(2,3)4/h20-28H,17-19H2,1-16H3/t22?,23-,24-,25-,26-,27-,28+/m0/s1. The van der Waals surface area contributed by atoms with Gasteiger partial charge in [0, 0.05) is 0 Å². The van der Waals surface area contributed by atoms with E-state index < -0.39 is 25.0 Å². The Labute approximate surface area is 264 Å². The van der Waals surface area contributed by atoms with E-state index in [-0.39, 0.29) is 57.8 Å². The fraction of sp³-hybridized carbons (Fsp3) is 0.935. The summed E-state index contributed by atoms with van der Waals surface area (Å²) in [7, 11) is -6.50. The molecule has 0 radical (unpaired) electrons. The third-order valence-corrected chi connectivity index (χ3v) is 24.4. The summed E-state index contributed by atoms with van der Waals surface area (Å²) in [6, 6.07) is 0. The Bertz CT molecular complexity index is 857. The Kier molecular flexibility index (Phi) is 12.2. The smallest absolute Gasteiger partial charge is 0.193 e. The lowest BCUT2D eigenvalue weighted by Gasteiger charge is -2.56. The molecule has 2 aliphatic rings. The number of rotatable bonds is 9. The predicted octanol–water partition coefficient (Wildman–Crippen LogP) is 9.83. The summed E-state index contributed by atoms with van der Waals surface area (Å²) in [6.45, 7) is 37.0. The van der Waals surface area contributed by atoms with Gasteiger partial charge in [-0.05, 0) is 83.8 Å². The van der Waals surface area contributed by atoms with Gasteiger partial charge in [0.1, 0.15) is 24.4 Å². The second kappa shape index (κ2) is 13.1. The number of halogens is 1. The summed E-state index contributed by atoms with van der Waals surface area (Å²) >= 11 is 2.32. The molecule has 0 saturated carbocycles. The van der Waals surface area contributed by atoms with E-state index >= 15 is 0 Å². The van der Waals surface area contributed by atoms with Gasteiger partial charge in [0.15, 0.2) is 25.0 Å². The minimum atomic E-state index is -2.21. The molecule has 0 aromatic carbocycles.